The van der Waals surface area contributed by atoms with E-state index in [1.54, 1.807) is 7.05 Å². The number of carbonyl (C=O) groups is 2. The summed E-state index contributed by atoms with van der Waals surface area (Å²) >= 11 is 0. The molecule has 0 saturated carbocycles. The van der Waals surface area contributed by atoms with Gasteiger partial charge in [-0.15, -0.1) is 0 Å². The number of nitrogens with zero attached hydrogens (tertiary/aromatic N) is 3. The summed E-state index contributed by atoms with van der Waals surface area (Å²) in [4.78, 5) is 32.6. The van der Waals surface area contributed by atoms with Crippen molar-refractivity contribution in [1.82, 2.24) is 9.80 Å². The highest BCUT2D eigenvalue weighted by Crippen LogP contribution is 2.52. The van der Waals surface area contributed by atoms with Crippen LogP contribution in [0.3, 0.4) is 0 Å². The number of hydrogen-bond donors (Lipinski definition) is 0. The number of hydrogen-bond acceptors (Lipinski definition) is 4. The van der Waals surface area contributed by atoms with Gasteiger partial charge in [-0.1, -0.05) is 42.5 Å². The molecule has 1 spiro atoms. The molecule has 6 rings (SSSR count). The second-order valence-corrected chi connectivity index (χ2v) is 10.0. The first-order valence-corrected chi connectivity index (χ1v) is 12.1. The van der Waals surface area contributed by atoms with Crippen molar-refractivity contribution >= 4 is 17.5 Å². The molecule has 5 heteroatoms. The lowest BCUT2D eigenvalue weighted by molar-refractivity contribution is -0.139. The Morgan fingerprint density at radius 1 is 0.906 bits per heavy atom. The van der Waals surface area contributed by atoms with Crippen LogP contribution in [0, 0.1) is 11.8 Å². The van der Waals surface area contributed by atoms with Gasteiger partial charge in [0.15, 0.2) is 0 Å². The number of rotatable bonds is 2. The van der Waals surface area contributed by atoms with Crippen molar-refractivity contribution in [3.8, 4) is 0 Å². The molecule has 3 fully saturated rings. The van der Waals surface area contributed by atoms with Gasteiger partial charge in [-0.25, -0.2) is 0 Å². The molecule has 0 N–H and O–H groups in total. The molecule has 4 aliphatic rings. The fourth-order valence-electron chi connectivity index (χ4n) is 7.10. The first kappa shape index (κ1) is 20.0. The highest BCUT2D eigenvalue weighted by molar-refractivity contribution is 6.07. The minimum atomic E-state index is -0.270. The van der Waals surface area contributed by atoms with E-state index in [0.29, 0.717) is 12.6 Å². The van der Waals surface area contributed by atoms with Crippen molar-refractivity contribution in [2.24, 2.45) is 11.8 Å². The summed E-state index contributed by atoms with van der Waals surface area (Å²) in [5.74, 6) is -0.410. The number of aryl methyl sites for hydroxylation is 1. The van der Waals surface area contributed by atoms with E-state index in [1.165, 1.54) is 35.3 Å². The van der Waals surface area contributed by atoms with Gasteiger partial charge in [-0.05, 0) is 55.4 Å². The molecular formula is C27H31N3O2. The number of para-hydroxylation sites is 1. The summed E-state index contributed by atoms with van der Waals surface area (Å²) in [5.41, 5.74) is 3.86. The molecule has 2 aromatic rings. The largest absolute Gasteiger partial charge is 0.364 e. The van der Waals surface area contributed by atoms with Crippen LogP contribution in [0.4, 0.5) is 5.69 Å². The zero-order chi connectivity index (χ0) is 21.9. The Morgan fingerprint density at radius 3 is 2.41 bits per heavy atom. The molecule has 3 aliphatic heterocycles. The minimum Gasteiger partial charge on any atom is -0.364 e. The van der Waals surface area contributed by atoms with Gasteiger partial charge in [0.25, 0.3) is 0 Å². The summed E-state index contributed by atoms with van der Waals surface area (Å²) < 4.78 is 0. The molecule has 1 aliphatic carbocycles. The van der Waals surface area contributed by atoms with E-state index in [1.807, 2.05) is 6.07 Å². The number of amides is 2. The molecule has 0 aromatic heterocycles. The third-order valence-corrected chi connectivity index (χ3v) is 8.65. The Kier molecular flexibility index (Phi) is 4.65. The lowest BCUT2D eigenvalue weighted by atomic mass is 9.73. The normalized spacial score (nSPS) is 29.5. The average Bonchev–Trinajstić information content (AvgIpc) is 3.28. The molecule has 2 amide bonds. The van der Waals surface area contributed by atoms with E-state index in [2.05, 4.69) is 58.3 Å². The predicted octanol–water partition coefficient (Wildman–Crippen LogP) is 3.65. The summed E-state index contributed by atoms with van der Waals surface area (Å²) in [5, 5.41) is 0. The first-order valence-electron chi connectivity index (χ1n) is 12.1. The molecule has 2 unspecified atom stereocenters. The highest BCUT2D eigenvalue weighted by Gasteiger charge is 2.64. The van der Waals surface area contributed by atoms with E-state index in [9.17, 15) is 9.59 Å². The molecule has 5 nitrogen and oxygen atoms in total. The van der Waals surface area contributed by atoms with Crippen LogP contribution in [0.15, 0.2) is 54.6 Å². The topological polar surface area (TPSA) is 43.9 Å². The Morgan fingerprint density at radius 2 is 1.62 bits per heavy atom. The number of benzene rings is 2. The molecule has 166 valence electrons. The van der Waals surface area contributed by atoms with E-state index >= 15 is 0 Å². The molecule has 0 radical (unpaired) electrons. The smallest absolute Gasteiger partial charge is 0.235 e. The summed E-state index contributed by atoms with van der Waals surface area (Å²) in [6.07, 6.45) is 5.47. The maximum atomic E-state index is 13.3. The Balaban J connectivity index is 1.32. The van der Waals surface area contributed by atoms with Crippen LogP contribution in [0.25, 0.3) is 0 Å². The van der Waals surface area contributed by atoms with E-state index in [-0.39, 0.29) is 29.2 Å². The van der Waals surface area contributed by atoms with Gasteiger partial charge in [0, 0.05) is 38.4 Å². The second-order valence-electron chi connectivity index (χ2n) is 10.0. The van der Waals surface area contributed by atoms with Crippen molar-refractivity contribution in [3.05, 3.63) is 65.7 Å². The zero-order valence-corrected chi connectivity index (χ0v) is 18.7. The number of imide groups is 1. The van der Waals surface area contributed by atoms with Gasteiger partial charge in [-0.3, -0.25) is 19.4 Å². The van der Waals surface area contributed by atoms with Crippen molar-refractivity contribution < 1.29 is 9.59 Å². The van der Waals surface area contributed by atoms with Gasteiger partial charge in [0.1, 0.15) is 0 Å². The summed E-state index contributed by atoms with van der Waals surface area (Å²) in [6, 6.07) is 19.8. The van der Waals surface area contributed by atoms with Crippen LogP contribution >= 0.6 is 0 Å². The highest BCUT2D eigenvalue weighted by atomic mass is 16.2. The third kappa shape index (κ3) is 2.80. The monoisotopic (exact) mass is 429 g/mol. The predicted molar refractivity (Wildman–Crippen MR) is 124 cm³/mol. The quantitative estimate of drug-likeness (QED) is 0.684. The van der Waals surface area contributed by atoms with Crippen LogP contribution in [-0.4, -0.2) is 53.8 Å². The van der Waals surface area contributed by atoms with Crippen molar-refractivity contribution in [2.75, 3.05) is 31.6 Å². The number of piperidine rings is 1. The number of carbonyl (C=O) groups excluding carboxylic acids is 2. The third-order valence-electron chi connectivity index (χ3n) is 8.65. The molecule has 2 aromatic carbocycles. The van der Waals surface area contributed by atoms with E-state index < -0.39 is 0 Å². The Bertz CT molecular complexity index is 1040. The SMILES string of the molecule is CN1C(=O)C2CN(c3ccccc3)C3(CCN([C@@H]4CCCc5ccccc54)CC3)C2C1=O. The molecule has 0 bridgehead atoms. The van der Waals surface area contributed by atoms with Gasteiger partial charge in [0.05, 0.1) is 17.4 Å². The Hall–Kier alpha value is -2.66. The number of likely N-dealkylation sites (tertiary alicyclic amines) is 2. The molecule has 3 heterocycles. The maximum Gasteiger partial charge on any atom is 0.235 e. The van der Waals surface area contributed by atoms with Gasteiger partial charge in [0.2, 0.25) is 11.8 Å². The van der Waals surface area contributed by atoms with Gasteiger partial charge in [-0.2, -0.15) is 0 Å². The van der Waals surface area contributed by atoms with Crippen molar-refractivity contribution in [2.45, 2.75) is 43.7 Å². The average molecular weight is 430 g/mol. The minimum absolute atomic E-state index is 0.00134. The molecule has 32 heavy (non-hydrogen) atoms. The van der Waals surface area contributed by atoms with Crippen molar-refractivity contribution in [1.29, 1.82) is 0 Å². The number of fused-ring (bicyclic) bond motifs is 3. The van der Waals surface area contributed by atoms with Gasteiger partial charge < -0.3 is 4.90 Å². The van der Waals surface area contributed by atoms with Crippen molar-refractivity contribution in [3.63, 3.8) is 0 Å². The molecule has 3 saturated heterocycles. The van der Waals surface area contributed by atoms with Crippen LogP contribution in [0.5, 0.6) is 0 Å². The summed E-state index contributed by atoms with van der Waals surface area (Å²) in [6.45, 7) is 2.59. The van der Waals surface area contributed by atoms with Crippen LogP contribution < -0.4 is 4.90 Å². The second kappa shape index (κ2) is 7.45. The lowest BCUT2D eigenvalue weighted by Gasteiger charge is -2.50. The lowest BCUT2D eigenvalue weighted by Crippen LogP contribution is -2.58. The molecule has 3 atom stereocenters. The Labute approximate surface area is 190 Å². The van der Waals surface area contributed by atoms with E-state index in [0.717, 1.165) is 31.6 Å². The molecular weight excluding hydrogens is 398 g/mol. The van der Waals surface area contributed by atoms with Gasteiger partial charge >= 0.3 is 0 Å². The standard InChI is InChI=1S/C27H31N3O2/c1-28-25(31)22-18-30(20-10-3-2-4-11-20)27(24(22)26(28)32)14-16-29(17-15-27)23-13-7-9-19-8-5-6-12-21(19)23/h2-6,8,10-12,22-24H,7,9,13-18H2,1H3/t22?,23-,24?/m1/s1. The van der Waals surface area contributed by atoms with Crippen LogP contribution in [-0.2, 0) is 16.0 Å². The van der Waals surface area contributed by atoms with E-state index in [4.69, 9.17) is 0 Å². The van der Waals surface area contributed by atoms with Crippen LogP contribution in [0.2, 0.25) is 0 Å². The number of anilines is 1. The summed E-state index contributed by atoms with van der Waals surface area (Å²) in [7, 11) is 1.66. The zero-order valence-electron chi connectivity index (χ0n) is 18.7. The maximum absolute atomic E-state index is 13.3. The van der Waals surface area contributed by atoms with Crippen LogP contribution in [0.1, 0.15) is 42.9 Å². The fraction of sp³-hybridized carbons (Fsp3) is 0.481. The first-order chi connectivity index (χ1) is 15.6. The fourth-order valence-corrected chi connectivity index (χ4v) is 7.10.